The fourth-order valence-electron chi connectivity index (χ4n) is 1.84. The van der Waals surface area contributed by atoms with Crippen molar-refractivity contribution in [1.82, 2.24) is 15.0 Å². The Kier molecular flexibility index (Phi) is 2.76. The van der Waals surface area contributed by atoms with Crippen LogP contribution in [0.25, 0.3) is 11.2 Å². The number of hydrogen-bond donors (Lipinski definition) is 1. The van der Waals surface area contributed by atoms with Gasteiger partial charge in [-0.15, -0.1) is 11.3 Å². The third kappa shape index (κ3) is 2.09. The van der Waals surface area contributed by atoms with E-state index in [9.17, 15) is 0 Å². The number of fused-ring (bicyclic) bond motifs is 1. The number of nitrogens with zero attached hydrogens (tertiary/aromatic N) is 3. The van der Waals surface area contributed by atoms with Crippen molar-refractivity contribution in [3.8, 4) is 0 Å². The van der Waals surface area contributed by atoms with E-state index >= 15 is 0 Å². The molecule has 92 valence electrons. The van der Waals surface area contributed by atoms with Crippen molar-refractivity contribution < 1.29 is 0 Å². The first-order chi connectivity index (χ1) is 8.72. The van der Waals surface area contributed by atoms with Crippen LogP contribution in [0.1, 0.15) is 10.7 Å². The smallest absolute Gasteiger partial charge is 0.179 e. The summed E-state index contributed by atoms with van der Waals surface area (Å²) in [6, 6.07) is 8.21. The molecule has 0 aliphatic rings. The Morgan fingerprint density at radius 3 is 2.83 bits per heavy atom. The molecule has 0 atom stereocenters. The molecular weight excluding hydrogens is 244 g/mol. The molecule has 3 aromatic rings. The molecule has 0 saturated carbocycles. The highest BCUT2D eigenvalue weighted by molar-refractivity contribution is 7.09. The second-order valence-electron chi connectivity index (χ2n) is 4.37. The Balaban J connectivity index is 1.95. The molecule has 0 spiro atoms. The molecule has 18 heavy (non-hydrogen) atoms. The van der Waals surface area contributed by atoms with Gasteiger partial charge in [-0.2, -0.15) is 0 Å². The number of thiophene rings is 1. The van der Waals surface area contributed by atoms with Gasteiger partial charge < -0.3 is 9.88 Å². The molecule has 0 saturated heterocycles. The lowest BCUT2D eigenvalue weighted by atomic mass is 10.3. The monoisotopic (exact) mass is 258 g/mol. The van der Waals surface area contributed by atoms with E-state index in [2.05, 4.69) is 32.5 Å². The van der Waals surface area contributed by atoms with Crippen LogP contribution in [0.4, 0.5) is 5.82 Å². The van der Waals surface area contributed by atoms with Gasteiger partial charge in [-0.05, 0) is 23.6 Å². The molecule has 3 heterocycles. The standard InChI is InChI=1S/C13H14N4S/c1-17(2)12-6-5-10-13(16-12)15-11(14-10)8-9-4-3-7-18-9/h3-7H,8H2,1-2H3,(H,14,15,16). The normalized spacial score (nSPS) is 11.0. The third-order valence-corrected chi connectivity index (χ3v) is 3.64. The van der Waals surface area contributed by atoms with Crippen molar-refractivity contribution in [3.05, 3.63) is 40.3 Å². The summed E-state index contributed by atoms with van der Waals surface area (Å²) in [6.45, 7) is 0. The number of pyridine rings is 1. The quantitative estimate of drug-likeness (QED) is 0.785. The summed E-state index contributed by atoms with van der Waals surface area (Å²) in [5.41, 5.74) is 1.78. The maximum absolute atomic E-state index is 4.54. The molecule has 5 heteroatoms. The number of imidazole rings is 1. The Hall–Kier alpha value is -1.88. The Morgan fingerprint density at radius 2 is 2.11 bits per heavy atom. The molecular formula is C13H14N4S. The number of hydrogen-bond acceptors (Lipinski definition) is 4. The fraction of sp³-hybridized carbons (Fsp3) is 0.231. The van der Waals surface area contributed by atoms with Crippen LogP contribution < -0.4 is 4.90 Å². The molecule has 0 aliphatic heterocycles. The topological polar surface area (TPSA) is 44.8 Å². The molecule has 0 unspecified atom stereocenters. The van der Waals surface area contributed by atoms with Crippen LogP contribution in [-0.2, 0) is 6.42 Å². The van der Waals surface area contributed by atoms with Gasteiger partial charge in [-0.25, -0.2) is 9.97 Å². The van der Waals surface area contributed by atoms with Crippen LogP contribution in [-0.4, -0.2) is 29.0 Å². The minimum absolute atomic E-state index is 0.785. The van der Waals surface area contributed by atoms with E-state index in [-0.39, 0.29) is 0 Å². The number of aromatic nitrogens is 3. The largest absolute Gasteiger partial charge is 0.363 e. The van der Waals surface area contributed by atoms with Crippen LogP contribution in [0, 0.1) is 0 Å². The Morgan fingerprint density at radius 1 is 1.22 bits per heavy atom. The molecule has 0 aliphatic carbocycles. The zero-order valence-corrected chi connectivity index (χ0v) is 11.2. The lowest BCUT2D eigenvalue weighted by Crippen LogP contribution is -2.10. The number of anilines is 1. The predicted octanol–water partition coefficient (Wildman–Crippen LogP) is 2.68. The van der Waals surface area contributed by atoms with Crippen LogP contribution in [0.3, 0.4) is 0 Å². The van der Waals surface area contributed by atoms with Gasteiger partial charge in [0.05, 0.1) is 5.52 Å². The summed E-state index contributed by atoms with van der Waals surface area (Å²) in [6.07, 6.45) is 0.839. The first-order valence-corrected chi connectivity index (χ1v) is 6.66. The summed E-state index contributed by atoms with van der Waals surface area (Å²) in [5, 5.41) is 2.08. The maximum Gasteiger partial charge on any atom is 0.179 e. The molecule has 0 bridgehead atoms. The van der Waals surface area contributed by atoms with Gasteiger partial charge in [-0.1, -0.05) is 6.07 Å². The second-order valence-corrected chi connectivity index (χ2v) is 5.41. The van der Waals surface area contributed by atoms with Crippen LogP contribution in [0.2, 0.25) is 0 Å². The van der Waals surface area contributed by atoms with Gasteiger partial charge in [0.25, 0.3) is 0 Å². The van der Waals surface area contributed by atoms with Crippen molar-refractivity contribution in [1.29, 1.82) is 0 Å². The predicted molar refractivity (Wildman–Crippen MR) is 75.3 cm³/mol. The summed E-state index contributed by atoms with van der Waals surface area (Å²) >= 11 is 1.75. The average Bonchev–Trinajstić information content (AvgIpc) is 2.96. The van der Waals surface area contributed by atoms with E-state index in [0.29, 0.717) is 0 Å². The first-order valence-electron chi connectivity index (χ1n) is 5.78. The highest BCUT2D eigenvalue weighted by atomic mass is 32.1. The van der Waals surface area contributed by atoms with E-state index < -0.39 is 0 Å². The van der Waals surface area contributed by atoms with Crippen LogP contribution in [0.15, 0.2) is 29.6 Å². The minimum atomic E-state index is 0.785. The summed E-state index contributed by atoms with van der Waals surface area (Å²) in [4.78, 5) is 15.7. The van der Waals surface area contributed by atoms with Crippen LogP contribution >= 0.6 is 11.3 Å². The van der Waals surface area contributed by atoms with E-state index in [1.807, 2.05) is 31.1 Å². The number of aromatic amines is 1. The molecule has 0 radical (unpaired) electrons. The third-order valence-electron chi connectivity index (χ3n) is 2.76. The number of nitrogens with one attached hydrogen (secondary N) is 1. The SMILES string of the molecule is CN(C)c1ccc2[nH]c(Cc3cccs3)nc2n1. The lowest BCUT2D eigenvalue weighted by molar-refractivity contribution is 1.05. The van der Waals surface area contributed by atoms with Gasteiger partial charge in [0.1, 0.15) is 11.6 Å². The average molecular weight is 258 g/mol. The molecule has 3 aromatic heterocycles. The molecule has 0 fully saturated rings. The molecule has 0 amide bonds. The van der Waals surface area contributed by atoms with Crippen molar-refractivity contribution in [3.63, 3.8) is 0 Å². The molecule has 3 rings (SSSR count). The maximum atomic E-state index is 4.54. The highest BCUT2D eigenvalue weighted by Gasteiger charge is 2.07. The van der Waals surface area contributed by atoms with Crippen LogP contribution in [0.5, 0.6) is 0 Å². The summed E-state index contributed by atoms with van der Waals surface area (Å²) in [7, 11) is 3.96. The van der Waals surface area contributed by atoms with Crippen molar-refractivity contribution in [2.45, 2.75) is 6.42 Å². The van der Waals surface area contributed by atoms with Crippen molar-refractivity contribution >= 4 is 28.3 Å². The number of rotatable bonds is 3. The zero-order valence-electron chi connectivity index (χ0n) is 10.3. The lowest BCUT2D eigenvalue weighted by Gasteiger charge is -2.09. The zero-order chi connectivity index (χ0) is 12.5. The van der Waals surface area contributed by atoms with E-state index in [4.69, 9.17) is 0 Å². The van der Waals surface area contributed by atoms with E-state index in [1.165, 1.54) is 4.88 Å². The van der Waals surface area contributed by atoms with Gasteiger partial charge in [-0.3, -0.25) is 0 Å². The van der Waals surface area contributed by atoms with Crippen molar-refractivity contribution in [2.24, 2.45) is 0 Å². The summed E-state index contributed by atoms with van der Waals surface area (Å²) < 4.78 is 0. The van der Waals surface area contributed by atoms with Gasteiger partial charge in [0.15, 0.2) is 5.65 Å². The first kappa shape index (κ1) is 11.2. The number of H-pyrrole nitrogens is 1. The van der Waals surface area contributed by atoms with Gasteiger partial charge in [0.2, 0.25) is 0 Å². The van der Waals surface area contributed by atoms with E-state index in [1.54, 1.807) is 11.3 Å². The van der Waals surface area contributed by atoms with Crippen molar-refractivity contribution in [2.75, 3.05) is 19.0 Å². The Labute approximate surface area is 109 Å². The van der Waals surface area contributed by atoms with Gasteiger partial charge >= 0.3 is 0 Å². The molecule has 0 aromatic carbocycles. The summed E-state index contributed by atoms with van der Waals surface area (Å²) in [5.74, 6) is 1.90. The minimum Gasteiger partial charge on any atom is -0.363 e. The molecule has 1 N–H and O–H groups in total. The van der Waals surface area contributed by atoms with E-state index in [0.717, 1.165) is 29.2 Å². The highest BCUT2D eigenvalue weighted by Crippen LogP contribution is 2.18. The fourth-order valence-corrected chi connectivity index (χ4v) is 2.55. The van der Waals surface area contributed by atoms with Gasteiger partial charge in [0, 0.05) is 25.4 Å². The Bertz CT molecular complexity index is 655. The molecule has 4 nitrogen and oxygen atoms in total. The second kappa shape index (κ2) is 4.42.